The van der Waals surface area contributed by atoms with Gasteiger partial charge in [0.2, 0.25) is 0 Å². The summed E-state index contributed by atoms with van der Waals surface area (Å²) in [4.78, 5) is 0. The largest absolute Gasteiger partial charge is 0.416 e. The fourth-order valence-corrected chi connectivity index (χ4v) is 1.43. The summed E-state index contributed by atoms with van der Waals surface area (Å²) in [7, 11) is 1.61. The Balaban J connectivity index is 2.20. The van der Waals surface area contributed by atoms with Gasteiger partial charge in [0.15, 0.2) is 0 Å². The van der Waals surface area contributed by atoms with Crippen LogP contribution in [0.25, 0.3) is 0 Å². The van der Waals surface area contributed by atoms with Gasteiger partial charge in [-0.2, -0.15) is 13.2 Å². The number of anilines is 1. The predicted octanol–water partition coefficient (Wildman–Crippen LogP) is 3.17. The van der Waals surface area contributed by atoms with Crippen molar-refractivity contribution in [3.05, 3.63) is 29.8 Å². The number of benzene rings is 1. The van der Waals surface area contributed by atoms with Gasteiger partial charge in [-0.1, -0.05) is 0 Å². The van der Waals surface area contributed by atoms with Crippen molar-refractivity contribution in [2.45, 2.75) is 12.6 Å². The van der Waals surface area contributed by atoms with Crippen LogP contribution in [-0.2, 0) is 15.7 Å². The molecular weight excluding hydrogens is 259 g/mol. The van der Waals surface area contributed by atoms with Gasteiger partial charge in [-0.3, -0.25) is 0 Å². The predicted molar refractivity (Wildman–Crippen MR) is 67.2 cm³/mol. The second-order valence-electron chi connectivity index (χ2n) is 3.96. The van der Waals surface area contributed by atoms with Crippen LogP contribution in [-0.4, -0.2) is 33.5 Å². The van der Waals surface area contributed by atoms with Gasteiger partial charge in [-0.25, -0.2) is 0 Å². The number of methoxy groups -OCH3 is 1. The summed E-state index contributed by atoms with van der Waals surface area (Å²) in [6.45, 7) is 2.36. The van der Waals surface area contributed by atoms with Crippen molar-refractivity contribution in [1.29, 1.82) is 0 Å². The summed E-state index contributed by atoms with van der Waals surface area (Å²) < 4.78 is 47.1. The van der Waals surface area contributed by atoms with E-state index in [1.54, 1.807) is 7.11 Å². The van der Waals surface area contributed by atoms with E-state index in [9.17, 15) is 13.2 Å². The van der Waals surface area contributed by atoms with Crippen LogP contribution in [0.4, 0.5) is 18.9 Å². The standard InChI is InChI=1S/C13H18F3NO2/c1-18-9-10-19-8-2-7-17-12-5-3-11(4-6-12)13(14,15)16/h3-6,17H,2,7-10H2,1H3. The molecule has 0 saturated heterocycles. The minimum Gasteiger partial charge on any atom is -0.385 e. The molecule has 0 aromatic heterocycles. The van der Waals surface area contributed by atoms with Crippen molar-refractivity contribution in [3.8, 4) is 0 Å². The summed E-state index contributed by atoms with van der Waals surface area (Å²) in [5, 5.41) is 3.04. The summed E-state index contributed by atoms with van der Waals surface area (Å²) in [5.74, 6) is 0. The molecule has 19 heavy (non-hydrogen) atoms. The first kappa shape index (κ1) is 15.8. The highest BCUT2D eigenvalue weighted by Crippen LogP contribution is 2.29. The molecule has 0 heterocycles. The van der Waals surface area contributed by atoms with Crippen LogP contribution in [0.15, 0.2) is 24.3 Å². The zero-order chi connectivity index (χ0) is 14.1. The van der Waals surface area contributed by atoms with E-state index >= 15 is 0 Å². The molecule has 0 saturated carbocycles. The SMILES string of the molecule is COCCOCCCNc1ccc(C(F)(F)F)cc1. The van der Waals surface area contributed by atoms with Crippen molar-refractivity contribution in [2.75, 3.05) is 38.8 Å². The Kier molecular flexibility index (Phi) is 6.66. The quantitative estimate of drug-likeness (QED) is 0.740. The molecule has 0 fully saturated rings. The van der Waals surface area contributed by atoms with Crippen molar-refractivity contribution in [2.24, 2.45) is 0 Å². The van der Waals surface area contributed by atoms with Crippen LogP contribution >= 0.6 is 0 Å². The minimum atomic E-state index is -4.28. The lowest BCUT2D eigenvalue weighted by Gasteiger charge is -2.09. The van der Waals surface area contributed by atoms with Gasteiger partial charge in [0, 0.05) is 25.9 Å². The third kappa shape index (κ3) is 6.45. The molecule has 6 heteroatoms. The Bertz CT molecular complexity index is 352. The van der Waals surface area contributed by atoms with Crippen LogP contribution in [0.1, 0.15) is 12.0 Å². The smallest absolute Gasteiger partial charge is 0.385 e. The summed E-state index contributed by atoms with van der Waals surface area (Å²) in [6.07, 6.45) is -3.50. The van der Waals surface area contributed by atoms with E-state index in [1.807, 2.05) is 0 Å². The highest BCUT2D eigenvalue weighted by molar-refractivity contribution is 5.44. The lowest BCUT2D eigenvalue weighted by atomic mass is 10.2. The summed E-state index contributed by atoms with van der Waals surface area (Å²) in [5.41, 5.74) is 0.0332. The average Bonchev–Trinajstić information content (AvgIpc) is 2.37. The molecule has 0 atom stereocenters. The molecule has 0 unspecified atom stereocenters. The molecule has 0 aliphatic carbocycles. The molecule has 0 spiro atoms. The Morgan fingerprint density at radius 2 is 1.74 bits per heavy atom. The van der Waals surface area contributed by atoms with Crippen LogP contribution in [0.5, 0.6) is 0 Å². The van der Waals surface area contributed by atoms with E-state index in [0.29, 0.717) is 32.1 Å². The van der Waals surface area contributed by atoms with E-state index in [1.165, 1.54) is 12.1 Å². The Labute approximate surface area is 110 Å². The van der Waals surface area contributed by atoms with Crippen molar-refractivity contribution in [1.82, 2.24) is 0 Å². The van der Waals surface area contributed by atoms with Crippen molar-refractivity contribution >= 4 is 5.69 Å². The molecule has 1 N–H and O–H groups in total. The average molecular weight is 277 g/mol. The van der Waals surface area contributed by atoms with Crippen molar-refractivity contribution < 1.29 is 22.6 Å². The lowest BCUT2D eigenvalue weighted by molar-refractivity contribution is -0.137. The zero-order valence-corrected chi connectivity index (χ0v) is 10.8. The molecule has 0 aliphatic heterocycles. The van der Waals surface area contributed by atoms with Gasteiger partial charge >= 0.3 is 6.18 Å². The Morgan fingerprint density at radius 1 is 1.05 bits per heavy atom. The molecule has 108 valence electrons. The monoisotopic (exact) mass is 277 g/mol. The number of alkyl halides is 3. The van der Waals surface area contributed by atoms with E-state index in [0.717, 1.165) is 18.6 Å². The number of nitrogens with one attached hydrogen (secondary N) is 1. The summed E-state index contributed by atoms with van der Waals surface area (Å²) >= 11 is 0. The number of hydrogen-bond acceptors (Lipinski definition) is 3. The number of halogens is 3. The van der Waals surface area contributed by atoms with Gasteiger partial charge in [0.05, 0.1) is 18.8 Å². The lowest BCUT2D eigenvalue weighted by Crippen LogP contribution is -2.09. The highest BCUT2D eigenvalue weighted by atomic mass is 19.4. The normalized spacial score (nSPS) is 11.6. The molecule has 0 radical (unpaired) electrons. The van der Waals surface area contributed by atoms with Gasteiger partial charge in [0.25, 0.3) is 0 Å². The van der Waals surface area contributed by atoms with Gasteiger partial charge in [-0.05, 0) is 30.7 Å². The number of rotatable bonds is 8. The maximum atomic E-state index is 12.3. The molecule has 3 nitrogen and oxygen atoms in total. The molecule has 1 aromatic rings. The highest BCUT2D eigenvalue weighted by Gasteiger charge is 2.29. The molecule has 0 aliphatic rings. The third-order valence-electron chi connectivity index (χ3n) is 2.44. The van der Waals surface area contributed by atoms with Crippen LogP contribution in [0, 0.1) is 0 Å². The molecular formula is C13H18F3NO2. The van der Waals surface area contributed by atoms with Gasteiger partial charge in [-0.15, -0.1) is 0 Å². The molecule has 0 bridgehead atoms. The topological polar surface area (TPSA) is 30.5 Å². The van der Waals surface area contributed by atoms with Crippen LogP contribution in [0.3, 0.4) is 0 Å². The van der Waals surface area contributed by atoms with Crippen LogP contribution in [0.2, 0.25) is 0 Å². The van der Waals surface area contributed by atoms with E-state index in [2.05, 4.69) is 5.32 Å². The van der Waals surface area contributed by atoms with Crippen molar-refractivity contribution in [3.63, 3.8) is 0 Å². The number of ether oxygens (including phenoxy) is 2. The second kappa shape index (κ2) is 8.01. The summed E-state index contributed by atoms with van der Waals surface area (Å²) in [6, 6.07) is 4.98. The fraction of sp³-hybridized carbons (Fsp3) is 0.538. The zero-order valence-electron chi connectivity index (χ0n) is 10.8. The second-order valence-corrected chi connectivity index (χ2v) is 3.96. The number of hydrogen-bond donors (Lipinski definition) is 1. The molecule has 1 aromatic carbocycles. The first-order chi connectivity index (χ1) is 9.04. The van der Waals surface area contributed by atoms with E-state index in [4.69, 9.17) is 9.47 Å². The maximum absolute atomic E-state index is 12.3. The Morgan fingerprint density at radius 3 is 2.32 bits per heavy atom. The van der Waals surface area contributed by atoms with Gasteiger partial charge < -0.3 is 14.8 Å². The maximum Gasteiger partial charge on any atom is 0.416 e. The molecule has 0 amide bonds. The minimum absolute atomic E-state index is 0.552. The Hall–Kier alpha value is -1.27. The molecule has 1 rings (SSSR count). The van der Waals surface area contributed by atoms with E-state index in [-0.39, 0.29) is 0 Å². The third-order valence-corrected chi connectivity index (χ3v) is 2.44. The fourth-order valence-electron chi connectivity index (χ4n) is 1.43. The van der Waals surface area contributed by atoms with E-state index < -0.39 is 11.7 Å². The first-order valence-corrected chi connectivity index (χ1v) is 6.02. The van der Waals surface area contributed by atoms with Crippen LogP contribution < -0.4 is 5.32 Å². The van der Waals surface area contributed by atoms with Gasteiger partial charge in [0.1, 0.15) is 0 Å². The first-order valence-electron chi connectivity index (χ1n) is 6.02.